The molecule has 13 heavy (non-hydrogen) atoms. The van der Waals surface area contributed by atoms with E-state index in [0.29, 0.717) is 6.10 Å². The van der Waals surface area contributed by atoms with Gasteiger partial charge in [-0.15, -0.1) is 0 Å². The van der Waals surface area contributed by atoms with Crippen molar-refractivity contribution in [2.45, 2.75) is 31.9 Å². The third-order valence-electron chi connectivity index (χ3n) is 3.10. The Morgan fingerprint density at radius 1 is 1.31 bits per heavy atom. The monoisotopic (exact) mass is 184 g/mol. The van der Waals surface area contributed by atoms with Gasteiger partial charge in [0.05, 0.1) is 12.7 Å². The van der Waals surface area contributed by atoms with Crippen LogP contribution in [0.15, 0.2) is 0 Å². The Balaban J connectivity index is 1.83. The number of ether oxygens (including phenoxy) is 1. The summed E-state index contributed by atoms with van der Waals surface area (Å²) in [7, 11) is 0. The standard InChI is InChI=1S/C10H20N2O/c1-9-8-12(6-7-13-9)10-2-4-11-5-3-10/h9-11H,2-8H2,1H3. The van der Waals surface area contributed by atoms with Crippen molar-refractivity contribution in [3.63, 3.8) is 0 Å². The van der Waals surface area contributed by atoms with Crippen LogP contribution in [-0.4, -0.2) is 49.8 Å². The van der Waals surface area contributed by atoms with Crippen LogP contribution in [0.1, 0.15) is 19.8 Å². The lowest BCUT2D eigenvalue weighted by Crippen LogP contribution is -2.50. The van der Waals surface area contributed by atoms with Gasteiger partial charge in [-0.2, -0.15) is 0 Å². The molecule has 0 bridgehead atoms. The summed E-state index contributed by atoms with van der Waals surface area (Å²) < 4.78 is 5.54. The molecule has 2 saturated heterocycles. The summed E-state index contributed by atoms with van der Waals surface area (Å²) in [6, 6.07) is 0.813. The van der Waals surface area contributed by atoms with Gasteiger partial charge in [0.2, 0.25) is 0 Å². The predicted molar refractivity (Wildman–Crippen MR) is 52.9 cm³/mol. The molecule has 0 aliphatic carbocycles. The third kappa shape index (κ3) is 2.42. The molecule has 3 nitrogen and oxygen atoms in total. The highest BCUT2D eigenvalue weighted by atomic mass is 16.5. The van der Waals surface area contributed by atoms with Crippen molar-refractivity contribution < 1.29 is 4.74 Å². The fraction of sp³-hybridized carbons (Fsp3) is 1.00. The maximum Gasteiger partial charge on any atom is 0.0674 e. The van der Waals surface area contributed by atoms with Crippen molar-refractivity contribution in [1.29, 1.82) is 0 Å². The molecule has 2 heterocycles. The van der Waals surface area contributed by atoms with Gasteiger partial charge >= 0.3 is 0 Å². The van der Waals surface area contributed by atoms with Gasteiger partial charge in [0.1, 0.15) is 0 Å². The lowest BCUT2D eigenvalue weighted by atomic mass is 10.0. The van der Waals surface area contributed by atoms with E-state index in [2.05, 4.69) is 17.1 Å². The number of hydrogen-bond donors (Lipinski definition) is 1. The summed E-state index contributed by atoms with van der Waals surface area (Å²) in [6.45, 7) is 7.74. The predicted octanol–water partition coefficient (Wildman–Crippen LogP) is 0.459. The van der Waals surface area contributed by atoms with Crippen molar-refractivity contribution in [3.05, 3.63) is 0 Å². The number of morpholine rings is 1. The first kappa shape index (κ1) is 9.44. The van der Waals surface area contributed by atoms with Crippen LogP contribution in [0.3, 0.4) is 0 Å². The first-order chi connectivity index (χ1) is 6.36. The summed E-state index contributed by atoms with van der Waals surface area (Å²) in [5, 5.41) is 3.41. The molecule has 0 aromatic heterocycles. The summed E-state index contributed by atoms with van der Waals surface area (Å²) in [5.74, 6) is 0. The van der Waals surface area contributed by atoms with Gasteiger partial charge in [0, 0.05) is 19.1 Å². The summed E-state index contributed by atoms with van der Waals surface area (Å²) >= 11 is 0. The number of nitrogens with one attached hydrogen (secondary N) is 1. The van der Waals surface area contributed by atoms with Gasteiger partial charge < -0.3 is 10.1 Å². The second-order valence-corrected chi connectivity index (χ2v) is 4.16. The van der Waals surface area contributed by atoms with Crippen LogP contribution in [0.25, 0.3) is 0 Å². The zero-order valence-corrected chi connectivity index (χ0v) is 8.46. The average molecular weight is 184 g/mol. The molecule has 2 aliphatic heterocycles. The van der Waals surface area contributed by atoms with Gasteiger partial charge in [0.25, 0.3) is 0 Å². The summed E-state index contributed by atoms with van der Waals surface area (Å²) in [5.41, 5.74) is 0. The number of piperidine rings is 1. The van der Waals surface area contributed by atoms with E-state index < -0.39 is 0 Å². The first-order valence-electron chi connectivity index (χ1n) is 5.42. The van der Waals surface area contributed by atoms with E-state index in [1.807, 2.05) is 0 Å². The van der Waals surface area contributed by atoms with Gasteiger partial charge in [0.15, 0.2) is 0 Å². The maximum atomic E-state index is 5.54. The topological polar surface area (TPSA) is 24.5 Å². The lowest BCUT2D eigenvalue weighted by molar-refractivity contribution is -0.0382. The van der Waals surface area contributed by atoms with E-state index in [0.717, 1.165) is 25.7 Å². The molecule has 76 valence electrons. The van der Waals surface area contributed by atoms with Crippen molar-refractivity contribution in [1.82, 2.24) is 10.2 Å². The van der Waals surface area contributed by atoms with E-state index in [1.54, 1.807) is 0 Å². The van der Waals surface area contributed by atoms with E-state index in [9.17, 15) is 0 Å². The van der Waals surface area contributed by atoms with Crippen LogP contribution in [0.2, 0.25) is 0 Å². The molecular weight excluding hydrogens is 164 g/mol. The molecular formula is C10H20N2O. The fourth-order valence-electron chi connectivity index (χ4n) is 2.35. The Morgan fingerprint density at radius 2 is 2.08 bits per heavy atom. The highest BCUT2D eigenvalue weighted by molar-refractivity contribution is 4.80. The molecule has 3 heteroatoms. The minimum absolute atomic E-state index is 0.434. The number of nitrogens with zero attached hydrogens (tertiary/aromatic N) is 1. The molecule has 0 aromatic rings. The second-order valence-electron chi connectivity index (χ2n) is 4.16. The molecule has 2 aliphatic rings. The molecule has 0 amide bonds. The van der Waals surface area contributed by atoms with Crippen LogP contribution in [0.4, 0.5) is 0 Å². The zero-order valence-electron chi connectivity index (χ0n) is 8.46. The van der Waals surface area contributed by atoms with Gasteiger partial charge in [-0.25, -0.2) is 0 Å². The second kappa shape index (κ2) is 4.40. The fourth-order valence-corrected chi connectivity index (χ4v) is 2.35. The van der Waals surface area contributed by atoms with E-state index in [-0.39, 0.29) is 0 Å². The van der Waals surface area contributed by atoms with Crippen molar-refractivity contribution in [3.8, 4) is 0 Å². The van der Waals surface area contributed by atoms with Gasteiger partial charge in [-0.1, -0.05) is 0 Å². The van der Waals surface area contributed by atoms with E-state index >= 15 is 0 Å². The highest BCUT2D eigenvalue weighted by Crippen LogP contribution is 2.15. The maximum absolute atomic E-state index is 5.54. The molecule has 0 aromatic carbocycles. The molecule has 2 rings (SSSR count). The van der Waals surface area contributed by atoms with E-state index in [4.69, 9.17) is 4.74 Å². The minimum Gasteiger partial charge on any atom is -0.376 e. The third-order valence-corrected chi connectivity index (χ3v) is 3.10. The Hall–Kier alpha value is -0.120. The SMILES string of the molecule is CC1CN(C2CCNCC2)CCO1. The quantitative estimate of drug-likeness (QED) is 0.641. The average Bonchev–Trinajstić information content (AvgIpc) is 2.19. The number of rotatable bonds is 1. The Labute approximate surface area is 80.4 Å². The van der Waals surface area contributed by atoms with Crippen molar-refractivity contribution in [2.75, 3.05) is 32.8 Å². The molecule has 1 N–H and O–H groups in total. The lowest BCUT2D eigenvalue weighted by Gasteiger charge is -2.39. The van der Waals surface area contributed by atoms with Crippen LogP contribution in [0, 0.1) is 0 Å². The largest absolute Gasteiger partial charge is 0.376 e. The van der Waals surface area contributed by atoms with Crippen LogP contribution in [-0.2, 0) is 4.74 Å². The summed E-state index contributed by atoms with van der Waals surface area (Å²) in [6.07, 6.45) is 3.06. The molecule has 0 spiro atoms. The van der Waals surface area contributed by atoms with Crippen molar-refractivity contribution in [2.24, 2.45) is 0 Å². The first-order valence-corrected chi connectivity index (χ1v) is 5.42. The van der Waals surface area contributed by atoms with E-state index in [1.165, 1.54) is 25.9 Å². The van der Waals surface area contributed by atoms with Gasteiger partial charge in [-0.05, 0) is 32.9 Å². The summed E-state index contributed by atoms with van der Waals surface area (Å²) in [4.78, 5) is 2.61. The van der Waals surface area contributed by atoms with Crippen LogP contribution in [0.5, 0.6) is 0 Å². The highest BCUT2D eigenvalue weighted by Gasteiger charge is 2.25. The van der Waals surface area contributed by atoms with Crippen molar-refractivity contribution >= 4 is 0 Å². The molecule has 1 atom stereocenters. The molecule has 2 fully saturated rings. The number of hydrogen-bond acceptors (Lipinski definition) is 3. The van der Waals surface area contributed by atoms with Gasteiger partial charge in [-0.3, -0.25) is 4.90 Å². The molecule has 1 unspecified atom stereocenters. The minimum atomic E-state index is 0.434. The smallest absolute Gasteiger partial charge is 0.0674 e. The normalized spacial score (nSPS) is 33.5. The molecule has 0 radical (unpaired) electrons. The molecule has 0 saturated carbocycles. The van der Waals surface area contributed by atoms with Crippen LogP contribution >= 0.6 is 0 Å². The Bertz CT molecular complexity index is 157. The Kier molecular flexibility index (Phi) is 3.19. The van der Waals surface area contributed by atoms with Crippen LogP contribution < -0.4 is 5.32 Å². The zero-order chi connectivity index (χ0) is 9.10. The Morgan fingerprint density at radius 3 is 2.77 bits per heavy atom.